The maximum Gasteiger partial charge on any atom is 0.263 e. The number of fused-ring (bicyclic) bond motifs is 1. The molecule has 5 nitrogen and oxygen atoms in total. The first-order valence-electron chi connectivity index (χ1n) is 7.03. The molecule has 0 aliphatic rings. The van der Waals surface area contributed by atoms with E-state index in [1.165, 1.54) is 36.5 Å². The number of aromatic amines is 1. The Bertz CT molecular complexity index is 1120. The summed E-state index contributed by atoms with van der Waals surface area (Å²) < 4.78 is 31.8. The molecule has 0 spiro atoms. The molecule has 4 aromatic rings. The number of benzene rings is 2. The number of H-pyrrole nitrogens is 1. The number of rotatable bonds is 2. The largest absolute Gasteiger partial charge is 0.360 e. The van der Waals surface area contributed by atoms with E-state index in [2.05, 4.69) is 15.1 Å². The van der Waals surface area contributed by atoms with Crippen molar-refractivity contribution in [1.29, 1.82) is 0 Å². The molecule has 0 atom stereocenters. The first kappa shape index (κ1) is 14.3. The van der Waals surface area contributed by atoms with Gasteiger partial charge in [-0.1, -0.05) is 17.3 Å². The van der Waals surface area contributed by atoms with Crippen LogP contribution in [-0.4, -0.2) is 15.1 Å². The lowest BCUT2D eigenvalue weighted by atomic mass is 10.1. The SMILES string of the molecule is O=c1c(-c2nc(-c3cccc(F)c3)no2)c[nH]c2ccc(F)cc12. The minimum Gasteiger partial charge on any atom is -0.360 e. The maximum atomic E-state index is 13.4. The third kappa shape index (κ3) is 2.36. The molecular weight excluding hydrogens is 316 g/mol. The van der Waals surface area contributed by atoms with Gasteiger partial charge >= 0.3 is 0 Å². The van der Waals surface area contributed by atoms with Crippen molar-refractivity contribution < 1.29 is 13.3 Å². The molecular formula is C17H9F2N3O2. The summed E-state index contributed by atoms with van der Waals surface area (Å²) in [5.41, 5.74) is 0.601. The Hall–Kier alpha value is -3.35. The molecule has 0 saturated heterocycles. The number of hydrogen-bond acceptors (Lipinski definition) is 4. The summed E-state index contributed by atoms with van der Waals surface area (Å²) >= 11 is 0. The van der Waals surface area contributed by atoms with Crippen LogP contribution in [0, 0.1) is 11.6 Å². The minimum atomic E-state index is -0.517. The van der Waals surface area contributed by atoms with E-state index < -0.39 is 17.1 Å². The van der Waals surface area contributed by atoms with E-state index in [-0.39, 0.29) is 22.7 Å². The van der Waals surface area contributed by atoms with E-state index in [1.54, 1.807) is 6.07 Å². The number of aromatic nitrogens is 3. The number of nitrogens with zero attached hydrogens (tertiary/aromatic N) is 2. The van der Waals surface area contributed by atoms with Crippen molar-refractivity contribution in [3.8, 4) is 22.8 Å². The smallest absolute Gasteiger partial charge is 0.263 e. The van der Waals surface area contributed by atoms with Crippen molar-refractivity contribution in [3.05, 3.63) is 70.5 Å². The molecule has 2 heterocycles. The van der Waals surface area contributed by atoms with Crippen LogP contribution >= 0.6 is 0 Å². The van der Waals surface area contributed by atoms with E-state index in [1.807, 2.05) is 0 Å². The van der Waals surface area contributed by atoms with Crippen LogP contribution in [0.15, 0.2) is 58.0 Å². The average molecular weight is 325 g/mol. The van der Waals surface area contributed by atoms with Crippen molar-refractivity contribution >= 4 is 10.9 Å². The van der Waals surface area contributed by atoms with E-state index in [0.29, 0.717) is 11.1 Å². The van der Waals surface area contributed by atoms with Gasteiger partial charge in [0.1, 0.15) is 17.2 Å². The third-order valence-electron chi connectivity index (χ3n) is 3.58. The molecule has 2 aromatic carbocycles. The lowest BCUT2D eigenvalue weighted by Crippen LogP contribution is -2.06. The van der Waals surface area contributed by atoms with Gasteiger partial charge in [-0.05, 0) is 30.3 Å². The fraction of sp³-hybridized carbons (Fsp3) is 0. The Morgan fingerprint density at radius 2 is 1.88 bits per heavy atom. The van der Waals surface area contributed by atoms with Gasteiger partial charge in [-0.3, -0.25) is 4.79 Å². The number of pyridine rings is 1. The summed E-state index contributed by atoms with van der Waals surface area (Å²) in [5.74, 6) is -0.820. The first-order chi connectivity index (χ1) is 11.6. The zero-order valence-corrected chi connectivity index (χ0v) is 12.1. The Kier molecular flexibility index (Phi) is 3.19. The predicted octanol–water partition coefficient (Wildman–Crippen LogP) is 3.52. The zero-order chi connectivity index (χ0) is 16.7. The molecule has 0 saturated carbocycles. The quantitative estimate of drug-likeness (QED) is 0.612. The average Bonchev–Trinajstić information content (AvgIpc) is 3.05. The van der Waals surface area contributed by atoms with Crippen LogP contribution in [0.3, 0.4) is 0 Å². The summed E-state index contributed by atoms with van der Waals surface area (Å²) in [6.07, 6.45) is 1.42. The second kappa shape index (κ2) is 5.38. The molecule has 118 valence electrons. The Morgan fingerprint density at radius 1 is 1.04 bits per heavy atom. The molecule has 0 fully saturated rings. The highest BCUT2D eigenvalue weighted by Gasteiger charge is 2.16. The van der Waals surface area contributed by atoms with E-state index in [9.17, 15) is 13.6 Å². The van der Waals surface area contributed by atoms with Crippen LogP contribution in [-0.2, 0) is 0 Å². The normalized spacial score (nSPS) is 11.1. The Morgan fingerprint density at radius 3 is 2.71 bits per heavy atom. The topological polar surface area (TPSA) is 71.8 Å². The fourth-order valence-electron chi connectivity index (χ4n) is 2.43. The van der Waals surface area contributed by atoms with Gasteiger partial charge in [-0.2, -0.15) is 4.98 Å². The molecule has 0 aliphatic carbocycles. The zero-order valence-electron chi connectivity index (χ0n) is 12.1. The van der Waals surface area contributed by atoms with Crippen LogP contribution in [0.5, 0.6) is 0 Å². The molecule has 2 aromatic heterocycles. The van der Waals surface area contributed by atoms with Gasteiger partial charge in [0, 0.05) is 22.7 Å². The molecule has 4 rings (SSSR count). The second-order valence-corrected chi connectivity index (χ2v) is 5.15. The van der Waals surface area contributed by atoms with Crippen molar-refractivity contribution in [2.45, 2.75) is 0 Å². The van der Waals surface area contributed by atoms with Gasteiger partial charge in [-0.15, -0.1) is 0 Å². The number of nitrogens with one attached hydrogen (secondary N) is 1. The highest BCUT2D eigenvalue weighted by Crippen LogP contribution is 2.22. The third-order valence-corrected chi connectivity index (χ3v) is 3.58. The summed E-state index contributed by atoms with van der Waals surface area (Å²) in [4.78, 5) is 19.5. The highest BCUT2D eigenvalue weighted by atomic mass is 19.1. The standard InChI is InChI=1S/C17H9F2N3O2/c18-10-3-1-2-9(6-10)16-21-17(24-22-16)13-8-20-14-5-4-11(19)7-12(14)15(13)23/h1-8H,(H,20,23). The number of hydrogen-bond donors (Lipinski definition) is 1. The summed E-state index contributed by atoms with van der Waals surface area (Å²) in [6, 6.07) is 9.57. The second-order valence-electron chi connectivity index (χ2n) is 5.15. The van der Waals surface area contributed by atoms with Crippen LogP contribution in [0.1, 0.15) is 0 Å². The first-order valence-corrected chi connectivity index (χ1v) is 7.03. The van der Waals surface area contributed by atoms with Gasteiger partial charge in [-0.25, -0.2) is 8.78 Å². The monoisotopic (exact) mass is 325 g/mol. The molecule has 7 heteroatoms. The van der Waals surface area contributed by atoms with Crippen molar-refractivity contribution in [2.75, 3.05) is 0 Å². The van der Waals surface area contributed by atoms with Gasteiger partial charge in [0.05, 0.1) is 0 Å². The lowest BCUT2D eigenvalue weighted by molar-refractivity contribution is 0.432. The van der Waals surface area contributed by atoms with Crippen molar-refractivity contribution in [3.63, 3.8) is 0 Å². The Labute approximate surface area is 133 Å². The predicted molar refractivity (Wildman–Crippen MR) is 83.2 cm³/mol. The van der Waals surface area contributed by atoms with E-state index >= 15 is 0 Å². The van der Waals surface area contributed by atoms with Crippen LogP contribution in [0.4, 0.5) is 8.78 Å². The van der Waals surface area contributed by atoms with Gasteiger partial charge in [0.2, 0.25) is 11.3 Å². The van der Waals surface area contributed by atoms with Gasteiger partial charge in [0.15, 0.2) is 0 Å². The van der Waals surface area contributed by atoms with Crippen molar-refractivity contribution in [1.82, 2.24) is 15.1 Å². The van der Waals surface area contributed by atoms with E-state index in [4.69, 9.17) is 4.52 Å². The van der Waals surface area contributed by atoms with Gasteiger partial charge < -0.3 is 9.51 Å². The maximum absolute atomic E-state index is 13.4. The van der Waals surface area contributed by atoms with Gasteiger partial charge in [0.25, 0.3) is 5.89 Å². The molecule has 0 unspecified atom stereocenters. The summed E-state index contributed by atoms with van der Waals surface area (Å²) in [6.45, 7) is 0. The molecule has 0 radical (unpaired) electrons. The number of halogens is 2. The molecule has 1 N–H and O–H groups in total. The van der Waals surface area contributed by atoms with E-state index in [0.717, 1.165) is 6.07 Å². The van der Waals surface area contributed by atoms with Crippen LogP contribution < -0.4 is 5.43 Å². The molecule has 0 aliphatic heterocycles. The highest BCUT2D eigenvalue weighted by molar-refractivity contribution is 5.82. The molecule has 0 bridgehead atoms. The fourth-order valence-corrected chi connectivity index (χ4v) is 2.43. The summed E-state index contributed by atoms with van der Waals surface area (Å²) in [7, 11) is 0. The lowest BCUT2D eigenvalue weighted by Gasteiger charge is -1.99. The minimum absolute atomic E-state index is 0.0262. The molecule has 0 amide bonds. The summed E-state index contributed by atoms with van der Waals surface area (Å²) in [5, 5.41) is 3.94. The van der Waals surface area contributed by atoms with Crippen LogP contribution in [0.25, 0.3) is 33.7 Å². The van der Waals surface area contributed by atoms with Crippen LogP contribution in [0.2, 0.25) is 0 Å². The Balaban J connectivity index is 1.84. The molecule has 24 heavy (non-hydrogen) atoms. The van der Waals surface area contributed by atoms with Crippen molar-refractivity contribution in [2.24, 2.45) is 0 Å².